The molecule has 0 bridgehead atoms. The van der Waals surface area contributed by atoms with Crippen molar-refractivity contribution in [2.24, 2.45) is 0 Å². The van der Waals surface area contributed by atoms with Crippen LogP contribution >= 0.6 is 0 Å². The fraction of sp³-hybridized carbons (Fsp3) is 0.0968. The maximum atomic E-state index is 2.48. The highest BCUT2D eigenvalue weighted by molar-refractivity contribution is 5.95. The first-order chi connectivity index (χ1) is 15.4. The largest absolute Gasteiger partial charge is 0.0788 e. The van der Waals surface area contributed by atoms with Crippen molar-refractivity contribution in [3.63, 3.8) is 0 Å². The van der Waals surface area contributed by atoms with E-state index in [4.69, 9.17) is 0 Å². The van der Waals surface area contributed by atoms with E-state index in [1.165, 1.54) is 44.5 Å². The first-order valence-corrected chi connectivity index (χ1v) is 11.1. The van der Waals surface area contributed by atoms with Gasteiger partial charge in [-0.2, -0.15) is 0 Å². The predicted molar refractivity (Wildman–Crippen MR) is 130 cm³/mol. The van der Waals surface area contributed by atoms with Gasteiger partial charge < -0.3 is 0 Å². The van der Waals surface area contributed by atoms with Crippen LogP contribution in [0.25, 0.3) is 16.7 Å². The number of allylic oxidation sites excluding steroid dienone is 4. The molecule has 6 rings (SSSR count). The molecule has 0 saturated heterocycles. The third-order valence-electron chi connectivity index (χ3n) is 6.79. The van der Waals surface area contributed by atoms with Crippen molar-refractivity contribution in [1.29, 1.82) is 0 Å². The van der Waals surface area contributed by atoms with Gasteiger partial charge in [0.1, 0.15) is 0 Å². The van der Waals surface area contributed by atoms with Crippen molar-refractivity contribution in [3.05, 3.63) is 149 Å². The minimum absolute atomic E-state index is 0.265. The number of hydrogen-bond acceptors (Lipinski definition) is 0. The molecule has 0 N–H and O–H groups in total. The monoisotopic (exact) mass is 396 g/mol. The van der Waals surface area contributed by atoms with E-state index in [1.54, 1.807) is 0 Å². The second-order valence-electron chi connectivity index (χ2n) is 8.42. The van der Waals surface area contributed by atoms with Crippen LogP contribution in [-0.2, 0) is 5.41 Å². The van der Waals surface area contributed by atoms with Crippen LogP contribution in [0.2, 0.25) is 0 Å². The number of hydrogen-bond donors (Lipinski definition) is 0. The zero-order chi connectivity index (χ0) is 20.7. The molecule has 4 aromatic rings. The van der Waals surface area contributed by atoms with E-state index in [2.05, 4.69) is 121 Å². The molecule has 0 saturated carbocycles. The predicted octanol–water partition coefficient (Wildman–Crippen LogP) is 7.81. The Labute approximate surface area is 184 Å². The Morgan fingerprint density at radius 1 is 0.516 bits per heavy atom. The van der Waals surface area contributed by atoms with Gasteiger partial charge in [0, 0.05) is 0 Å². The Morgan fingerprint density at radius 3 is 1.74 bits per heavy atom. The second kappa shape index (κ2) is 7.25. The van der Waals surface area contributed by atoms with Gasteiger partial charge in [0.05, 0.1) is 5.41 Å². The van der Waals surface area contributed by atoms with Crippen LogP contribution in [0.1, 0.15) is 35.1 Å². The van der Waals surface area contributed by atoms with Crippen LogP contribution in [0.5, 0.6) is 0 Å². The molecule has 0 spiro atoms. The van der Waals surface area contributed by atoms with Crippen molar-refractivity contribution < 1.29 is 0 Å². The smallest absolute Gasteiger partial charge is 0.0710 e. The fourth-order valence-electron chi connectivity index (χ4n) is 5.50. The molecule has 0 atom stereocenters. The van der Waals surface area contributed by atoms with Crippen LogP contribution in [-0.4, -0.2) is 0 Å². The molecule has 0 nitrogen and oxygen atoms in total. The lowest BCUT2D eigenvalue weighted by molar-refractivity contribution is 0.759. The standard InChI is InChI=1S/C31H24/c1-4-12-23(13-5-1)24-20-21-30-28(22-24)27-18-10-11-19-29(27)31(30,25-14-6-2-7-15-25)26-16-8-3-9-17-26/h1-9,12-22H,10-11H2. The molecule has 2 aliphatic rings. The molecule has 148 valence electrons. The number of fused-ring (bicyclic) bond motifs is 3. The first kappa shape index (κ1) is 18.2. The van der Waals surface area contributed by atoms with Gasteiger partial charge in [-0.05, 0) is 63.4 Å². The molecule has 0 fully saturated rings. The molecule has 0 radical (unpaired) electrons. The van der Waals surface area contributed by atoms with Crippen molar-refractivity contribution in [2.45, 2.75) is 18.3 Å². The summed E-state index contributed by atoms with van der Waals surface area (Å²) in [7, 11) is 0. The molecule has 2 aliphatic carbocycles. The van der Waals surface area contributed by atoms with E-state index in [-0.39, 0.29) is 5.41 Å². The molecule has 0 unspecified atom stereocenters. The van der Waals surface area contributed by atoms with Gasteiger partial charge >= 0.3 is 0 Å². The van der Waals surface area contributed by atoms with Crippen LogP contribution in [0.15, 0.2) is 127 Å². The van der Waals surface area contributed by atoms with Crippen molar-refractivity contribution in [3.8, 4) is 11.1 Å². The van der Waals surface area contributed by atoms with Gasteiger partial charge in [-0.3, -0.25) is 0 Å². The molecule has 0 aliphatic heterocycles. The van der Waals surface area contributed by atoms with Crippen LogP contribution in [0, 0.1) is 0 Å². The molecule has 31 heavy (non-hydrogen) atoms. The van der Waals surface area contributed by atoms with Crippen LogP contribution < -0.4 is 0 Å². The first-order valence-electron chi connectivity index (χ1n) is 11.1. The Bertz CT molecular complexity index is 1250. The SMILES string of the molecule is C1=C2C(=CCC1)C(c1ccccc1)(c1ccccc1)c1ccc(-c3ccccc3)cc12. The molecular formula is C31H24. The average molecular weight is 397 g/mol. The Hall–Kier alpha value is -3.64. The van der Waals surface area contributed by atoms with Crippen LogP contribution in [0.4, 0.5) is 0 Å². The summed E-state index contributed by atoms with van der Waals surface area (Å²) in [5.74, 6) is 0. The summed E-state index contributed by atoms with van der Waals surface area (Å²) in [6.07, 6.45) is 7.14. The summed E-state index contributed by atoms with van der Waals surface area (Å²) in [5, 5.41) is 0. The molecule has 0 aromatic heterocycles. The second-order valence-corrected chi connectivity index (χ2v) is 8.42. The number of benzene rings is 4. The van der Waals surface area contributed by atoms with Gasteiger partial charge in [0.15, 0.2) is 0 Å². The van der Waals surface area contributed by atoms with E-state index in [9.17, 15) is 0 Å². The Balaban J connectivity index is 1.69. The van der Waals surface area contributed by atoms with E-state index in [1.807, 2.05) is 0 Å². The van der Waals surface area contributed by atoms with E-state index in [0.717, 1.165) is 12.8 Å². The lowest BCUT2D eigenvalue weighted by Crippen LogP contribution is -2.29. The van der Waals surface area contributed by atoms with Crippen LogP contribution in [0.3, 0.4) is 0 Å². The van der Waals surface area contributed by atoms with Crippen molar-refractivity contribution in [2.75, 3.05) is 0 Å². The number of rotatable bonds is 3. The van der Waals surface area contributed by atoms with E-state index < -0.39 is 0 Å². The summed E-state index contributed by atoms with van der Waals surface area (Å²) < 4.78 is 0. The average Bonchev–Trinajstić information content (AvgIpc) is 3.16. The van der Waals surface area contributed by atoms with Gasteiger partial charge in [-0.1, -0.05) is 115 Å². The molecule has 0 heterocycles. The van der Waals surface area contributed by atoms with Crippen molar-refractivity contribution in [1.82, 2.24) is 0 Å². The molecular weight excluding hydrogens is 372 g/mol. The zero-order valence-electron chi connectivity index (χ0n) is 17.5. The Kier molecular flexibility index (Phi) is 4.25. The van der Waals surface area contributed by atoms with Crippen molar-refractivity contribution >= 4 is 5.57 Å². The summed E-state index contributed by atoms with van der Waals surface area (Å²) in [4.78, 5) is 0. The lowest BCUT2D eigenvalue weighted by atomic mass is 9.67. The summed E-state index contributed by atoms with van der Waals surface area (Å²) in [6, 6.07) is 39.9. The molecule has 4 aromatic carbocycles. The third kappa shape index (κ3) is 2.68. The topological polar surface area (TPSA) is 0 Å². The third-order valence-corrected chi connectivity index (χ3v) is 6.79. The highest BCUT2D eigenvalue weighted by atomic mass is 14.5. The maximum Gasteiger partial charge on any atom is 0.0710 e. The summed E-state index contributed by atoms with van der Waals surface area (Å²) in [5.41, 5.74) is 10.6. The van der Waals surface area contributed by atoms with Gasteiger partial charge in [0.2, 0.25) is 0 Å². The minimum Gasteiger partial charge on any atom is -0.0788 e. The van der Waals surface area contributed by atoms with Gasteiger partial charge in [-0.15, -0.1) is 0 Å². The van der Waals surface area contributed by atoms with E-state index in [0.29, 0.717) is 0 Å². The highest BCUT2D eigenvalue weighted by Gasteiger charge is 2.48. The zero-order valence-corrected chi connectivity index (χ0v) is 17.5. The quantitative estimate of drug-likeness (QED) is 0.331. The molecule has 0 amide bonds. The minimum atomic E-state index is -0.265. The van der Waals surface area contributed by atoms with Gasteiger partial charge in [0.25, 0.3) is 0 Å². The van der Waals surface area contributed by atoms with E-state index >= 15 is 0 Å². The summed E-state index contributed by atoms with van der Waals surface area (Å²) >= 11 is 0. The lowest BCUT2D eigenvalue weighted by Gasteiger charge is -2.35. The summed E-state index contributed by atoms with van der Waals surface area (Å²) in [6.45, 7) is 0. The fourth-order valence-corrected chi connectivity index (χ4v) is 5.50. The highest BCUT2D eigenvalue weighted by Crippen LogP contribution is 2.58. The Morgan fingerprint density at radius 2 is 1.10 bits per heavy atom. The normalized spacial score (nSPS) is 16.1. The molecule has 0 heteroatoms. The maximum absolute atomic E-state index is 2.48. The van der Waals surface area contributed by atoms with Gasteiger partial charge in [-0.25, -0.2) is 0 Å².